The Bertz CT molecular complexity index is 730. The largest absolute Gasteiger partial charge is 0.497 e. The van der Waals surface area contributed by atoms with Crippen LogP contribution >= 0.6 is 0 Å². The Hall–Kier alpha value is -2.21. The third kappa shape index (κ3) is 3.80. The van der Waals surface area contributed by atoms with Gasteiger partial charge in [-0.2, -0.15) is 0 Å². The summed E-state index contributed by atoms with van der Waals surface area (Å²) in [6, 6.07) is -0.0112. The van der Waals surface area contributed by atoms with Crippen LogP contribution in [0.25, 0.3) is 0 Å². The van der Waals surface area contributed by atoms with Gasteiger partial charge in [-0.25, -0.2) is 0 Å². The number of hydrogen-bond acceptors (Lipinski definition) is 6. The van der Waals surface area contributed by atoms with Gasteiger partial charge in [-0.3, -0.25) is 19.7 Å². The van der Waals surface area contributed by atoms with Crippen molar-refractivity contribution in [1.29, 1.82) is 0 Å². The van der Waals surface area contributed by atoms with Crippen molar-refractivity contribution in [3.8, 4) is 0 Å². The first-order chi connectivity index (χ1) is 12.5. The Morgan fingerprint density at radius 3 is 2.92 bits per heavy atom. The highest BCUT2D eigenvalue weighted by molar-refractivity contribution is 6.03. The number of piperidine rings is 1. The number of carbonyl (C=O) groups excluding carboxylic acids is 1. The number of ether oxygens (including phenoxy) is 1. The number of Topliss-reactive ketones (excluding diaryl/α,β-unsaturated/α-hetero) is 1. The third-order valence-corrected chi connectivity index (χ3v) is 5.30. The Labute approximate surface area is 155 Å². The fraction of sp³-hybridized carbons (Fsp3) is 0.550. The van der Waals surface area contributed by atoms with Crippen molar-refractivity contribution in [1.82, 2.24) is 10.2 Å². The second kappa shape index (κ2) is 7.99. The van der Waals surface area contributed by atoms with Crippen molar-refractivity contribution in [2.75, 3.05) is 26.7 Å². The second-order valence-corrected chi connectivity index (χ2v) is 7.11. The molecule has 1 saturated heterocycles. The number of likely N-dealkylation sites (tertiary alicyclic amines) is 1. The van der Waals surface area contributed by atoms with Gasteiger partial charge in [0, 0.05) is 30.5 Å². The third-order valence-electron chi connectivity index (χ3n) is 5.30. The first-order valence-corrected chi connectivity index (χ1v) is 9.25. The van der Waals surface area contributed by atoms with Crippen LogP contribution in [0.5, 0.6) is 0 Å². The van der Waals surface area contributed by atoms with E-state index in [1.807, 2.05) is 6.21 Å². The van der Waals surface area contributed by atoms with Crippen LogP contribution in [0.2, 0.25) is 0 Å². The van der Waals surface area contributed by atoms with Crippen molar-refractivity contribution >= 4 is 17.8 Å². The molecular formula is C20H28N4O2. The second-order valence-electron chi connectivity index (χ2n) is 7.11. The standard InChI is InChI=1S/C20H28N4O2/c1-13-8-9-21-19(13)20-22-11-16(15(3)26-4)17(23-20)12-24-10-6-5-7-18(24)14(2)25/h9,18H,3,5-8,10-12H2,1-2,4H3,(H,22,23). The van der Waals surface area contributed by atoms with Crippen LogP contribution in [-0.4, -0.2) is 55.5 Å². The van der Waals surface area contributed by atoms with E-state index >= 15 is 0 Å². The van der Waals surface area contributed by atoms with E-state index in [1.54, 1.807) is 14.0 Å². The maximum absolute atomic E-state index is 12.1. The van der Waals surface area contributed by atoms with Gasteiger partial charge >= 0.3 is 0 Å². The summed E-state index contributed by atoms with van der Waals surface area (Å²) in [4.78, 5) is 23.5. The van der Waals surface area contributed by atoms with Gasteiger partial charge in [0.25, 0.3) is 0 Å². The molecular weight excluding hydrogens is 328 g/mol. The van der Waals surface area contributed by atoms with Gasteiger partial charge in [0.1, 0.15) is 17.2 Å². The lowest BCUT2D eigenvalue weighted by atomic mass is 9.98. The molecule has 1 atom stereocenters. The highest BCUT2D eigenvalue weighted by Gasteiger charge is 2.29. The molecule has 140 valence electrons. The molecule has 1 unspecified atom stereocenters. The number of hydrogen-bond donors (Lipinski definition) is 1. The number of aliphatic imine (C=N–C) groups is 2. The number of amidine groups is 1. The average Bonchev–Trinajstić information content (AvgIpc) is 3.07. The van der Waals surface area contributed by atoms with Gasteiger partial charge in [-0.1, -0.05) is 13.0 Å². The molecule has 3 aliphatic rings. The zero-order valence-electron chi connectivity index (χ0n) is 16.0. The average molecular weight is 356 g/mol. The number of ketones is 1. The van der Waals surface area contributed by atoms with E-state index in [9.17, 15) is 4.79 Å². The van der Waals surface area contributed by atoms with Gasteiger partial charge < -0.3 is 10.1 Å². The van der Waals surface area contributed by atoms with E-state index in [-0.39, 0.29) is 11.8 Å². The molecule has 3 aliphatic heterocycles. The number of nitrogens with one attached hydrogen (secondary N) is 1. The van der Waals surface area contributed by atoms with Crippen molar-refractivity contribution in [2.45, 2.75) is 45.6 Å². The number of allylic oxidation sites excluding steroid dienone is 1. The number of carbonyl (C=O) groups is 1. The van der Waals surface area contributed by atoms with Gasteiger partial charge in [0.05, 0.1) is 19.7 Å². The predicted molar refractivity (Wildman–Crippen MR) is 104 cm³/mol. The quantitative estimate of drug-likeness (QED) is 0.743. The molecule has 3 rings (SSSR count). The summed E-state index contributed by atoms with van der Waals surface area (Å²) in [5.41, 5.74) is 4.11. The van der Waals surface area contributed by atoms with Crippen LogP contribution in [0.1, 0.15) is 39.5 Å². The van der Waals surface area contributed by atoms with Crippen molar-refractivity contribution < 1.29 is 9.53 Å². The van der Waals surface area contributed by atoms with E-state index in [2.05, 4.69) is 33.7 Å². The molecule has 26 heavy (non-hydrogen) atoms. The first-order valence-electron chi connectivity index (χ1n) is 9.25. The first kappa shape index (κ1) is 18.6. The fourth-order valence-electron chi connectivity index (χ4n) is 3.75. The summed E-state index contributed by atoms with van der Waals surface area (Å²) in [6.45, 7) is 9.88. The van der Waals surface area contributed by atoms with Crippen molar-refractivity contribution in [3.05, 3.63) is 34.9 Å². The lowest BCUT2D eigenvalue weighted by molar-refractivity contribution is -0.123. The lowest BCUT2D eigenvalue weighted by Crippen LogP contribution is -2.47. The molecule has 0 aromatic carbocycles. The maximum Gasteiger partial charge on any atom is 0.151 e. The number of nitrogens with zero attached hydrogens (tertiary/aromatic N) is 3. The van der Waals surface area contributed by atoms with Crippen molar-refractivity contribution in [2.24, 2.45) is 9.98 Å². The minimum absolute atomic E-state index is 0.0112. The van der Waals surface area contributed by atoms with Crippen LogP contribution in [-0.2, 0) is 9.53 Å². The molecule has 6 nitrogen and oxygen atoms in total. The highest BCUT2D eigenvalue weighted by Crippen LogP contribution is 2.25. The molecule has 3 heterocycles. The van der Waals surface area contributed by atoms with E-state index in [0.29, 0.717) is 18.8 Å². The van der Waals surface area contributed by atoms with E-state index in [1.165, 1.54) is 5.57 Å². The topological polar surface area (TPSA) is 66.3 Å². The molecule has 1 N–H and O–H groups in total. The minimum Gasteiger partial charge on any atom is -0.497 e. The normalized spacial score (nSPS) is 23.8. The van der Waals surface area contributed by atoms with E-state index in [0.717, 1.165) is 55.0 Å². The van der Waals surface area contributed by atoms with Gasteiger partial charge in [-0.15, -0.1) is 0 Å². The molecule has 0 bridgehead atoms. The Morgan fingerprint density at radius 2 is 2.27 bits per heavy atom. The van der Waals surface area contributed by atoms with Crippen LogP contribution < -0.4 is 5.32 Å². The molecule has 0 aromatic rings. The number of methoxy groups -OCH3 is 1. The number of rotatable bonds is 6. The minimum atomic E-state index is -0.0112. The maximum atomic E-state index is 12.1. The SMILES string of the molecule is C=C(OC)C1=C(CN2CCCCC2C(C)=O)NC(C2=C(C)CC=N2)=NC1. The fourth-order valence-corrected chi connectivity index (χ4v) is 3.75. The summed E-state index contributed by atoms with van der Waals surface area (Å²) in [6.07, 6.45) is 5.94. The predicted octanol–water partition coefficient (Wildman–Crippen LogP) is 2.59. The molecule has 0 radical (unpaired) electrons. The lowest BCUT2D eigenvalue weighted by Gasteiger charge is -2.36. The van der Waals surface area contributed by atoms with E-state index < -0.39 is 0 Å². The molecule has 1 fully saturated rings. The monoisotopic (exact) mass is 356 g/mol. The molecule has 0 amide bonds. The van der Waals surface area contributed by atoms with Crippen LogP contribution in [0, 0.1) is 0 Å². The summed E-state index contributed by atoms with van der Waals surface area (Å²) >= 11 is 0. The summed E-state index contributed by atoms with van der Waals surface area (Å²) in [7, 11) is 1.62. The Balaban J connectivity index is 1.85. The zero-order chi connectivity index (χ0) is 18.7. The summed E-state index contributed by atoms with van der Waals surface area (Å²) in [5.74, 6) is 1.66. The summed E-state index contributed by atoms with van der Waals surface area (Å²) < 4.78 is 5.38. The molecule has 0 spiro atoms. The van der Waals surface area contributed by atoms with Crippen LogP contribution in [0.3, 0.4) is 0 Å². The summed E-state index contributed by atoms with van der Waals surface area (Å²) in [5, 5.41) is 3.46. The smallest absolute Gasteiger partial charge is 0.151 e. The van der Waals surface area contributed by atoms with Gasteiger partial charge in [0.2, 0.25) is 0 Å². The Morgan fingerprint density at radius 1 is 1.46 bits per heavy atom. The van der Waals surface area contributed by atoms with Crippen molar-refractivity contribution in [3.63, 3.8) is 0 Å². The Kier molecular flexibility index (Phi) is 5.71. The zero-order valence-corrected chi connectivity index (χ0v) is 16.0. The van der Waals surface area contributed by atoms with Gasteiger partial charge in [0.15, 0.2) is 5.84 Å². The molecule has 0 aliphatic carbocycles. The van der Waals surface area contributed by atoms with Crippen LogP contribution in [0.15, 0.2) is 44.9 Å². The molecule has 0 saturated carbocycles. The highest BCUT2D eigenvalue weighted by atomic mass is 16.5. The van der Waals surface area contributed by atoms with E-state index in [4.69, 9.17) is 4.74 Å². The molecule has 0 aromatic heterocycles. The molecule has 6 heteroatoms. The van der Waals surface area contributed by atoms with Gasteiger partial charge in [-0.05, 0) is 38.8 Å². The van der Waals surface area contributed by atoms with Crippen LogP contribution in [0.4, 0.5) is 0 Å².